The molecule has 0 aliphatic carbocycles. The van der Waals surface area contributed by atoms with Crippen molar-refractivity contribution >= 4 is 28.6 Å². The average Bonchev–Trinajstić information content (AvgIpc) is 2.56. The van der Waals surface area contributed by atoms with Crippen LogP contribution in [0.15, 0.2) is 30.6 Å². The highest BCUT2D eigenvalue weighted by molar-refractivity contribution is 5.86. The Morgan fingerprint density at radius 3 is 2.71 bits per heavy atom. The maximum absolute atomic E-state index is 9.44. The van der Waals surface area contributed by atoms with Crippen molar-refractivity contribution in [1.29, 1.82) is 0 Å². The molecule has 124 valence electrons. The van der Waals surface area contributed by atoms with E-state index in [9.17, 15) is 5.11 Å². The van der Waals surface area contributed by atoms with E-state index in [1.807, 2.05) is 13.8 Å². The van der Waals surface area contributed by atoms with Gasteiger partial charge in [-0.3, -0.25) is 0 Å². The van der Waals surface area contributed by atoms with Crippen molar-refractivity contribution in [2.24, 2.45) is 0 Å². The molecule has 7 nitrogen and oxygen atoms in total. The van der Waals surface area contributed by atoms with Crippen LogP contribution in [-0.2, 0) is 0 Å². The second-order valence-electron chi connectivity index (χ2n) is 5.80. The second kappa shape index (κ2) is 6.76. The zero-order valence-electron chi connectivity index (χ0n) is 13.9. The molecule has 24 heavy (non-hydrogen) atoms. The number of aliphatic hydroxyl groups is 1. The van der Waals surface area contributed by atoms with E-state index in [0.717, 1.165) is 16.8 Å². The third-order valence-corrected chi connectivity index (χ3v) is 3.53. The van der Waals surface area contributed by atoms with Crippen LogP contribution in [0.1, 0.15) is 18.1 Å². The van der Waals surface area contributed by atoms with E-state index < -0.39 is 6.10 Å². The van der Waals surface area contributed by atoms with Crippen LogP contribution in [0.2, 0.25) is 0 Å². The van der Waals surface area contributed by atoms with Crippen molar-refractivity contribution in [3.05, 3.63) is 41.7 Å². The predicted octanol–water partition coefficient (Wildman–Crippen LogP) is 2.57. The van der Waals surface area contributed by atoms with Gasteiger partial charge in [-0.15, -0.1) is 0 Å². The minimum Gasteiger partial charge on any atom is -0.392 e. The third-order valence-electron chi connectivity index (χ3n) is 3.53. The van der Waals surface area contributed by atoms with Crippen molar-refractivity contribution in [3.63, 3.8) is 0 Å². The van der Waals surface area contributed by atoms with Crippen LogP contribution in [0.25, 0.3) is 11.2 Å². The lowest BCUT2D eigenvalue weighted by molar-refractivity contribution is 0.208. The van der Waals surface area contributed by atoms with Crippen LogP contribution >= 0.6 is 0 Å². The Morgan fingerprint density at radius 2 is 1.92 bits per heavy atom. The van der Waals surface area contributed by atoms with Gasteiger partial charge in [0.1, 0.15) is 0 Å². The van der Waals surface area contributed by atoms with Gasteiger partial charge in [-0.1, -0.05) is 12.1 Å². The van der Waals surface area contributed by atoms with Crippen LogP contribution in [0.3, 0.4) is 0 Å². The molecule has 3 N–H and O–H groups in total. The standard InChI is InChI=1S/C17H20N6O/c1-10-4-5-11(2)13(8-10)21-16-14-15(19-7-6-18-14)22-17(23-16)20-9-12(3)24/h4-8,12,24H,9H2,1-3H3,(H2,19,20,21,22,23). The first-order valence-electron chi connectivity index (χ1n) is 7.78. The number of nitrogens with one attached hydrogen (secondary N) is 2. The molecule has 0 aliphatic heterocycles. The van der Waals surface area contributed by atoms with E-state index in [1.165, 1.54) is 0 Å². The Balaban J connectivity index is 2.02. The van der Waals surface area contributed by atoms with Gasteiger partial charge in [0.15, 0.2) is 17.0 Å². The highest BCUT2D eigenvalue weighted by atomic mass is 16.3. The fourth-order valence-corrected chi connectivity index (χ4v) is 2.27. The van der Waals surface area contributed by atoms with E-state index in [0.29, 0.717) is 29.5 Å². The molecule has 2 heterocycles. The molecule has 0 saturated heterocycles. The highest BCUT2D eigenvalue weighted by Crippen LogP contribution is 2.25. The maximum atomic E-state index is 9.44. The van der Waals surface area contributed by atoms with E-state index >= 15 is 0 Å². The zero-order chi connectivity index (χ0) is 17.1. The van der Waals surface area contributed by atoms with Gasteiger partial charge in [0.2, 0.25) is 5.95 Å². The predicted molar refractivity (Wildman–Crippen MR) is 94.5 cm³/mol. The molecule has 0 bridgehead atoms. The fourth-order valence-electron chi connectivity index (χ4n) is 2.27. The summed E-state index contributed by atoms with van der Waals surface area (Å²) in [5.41, 5.74) is 4.31. The third kappa shape index (κ3) is 3.57. The average molecular weight is 324 g/mol. The number of rotatable bonds is 5. The Bertz CT molecular complexity index is 865. The van der Waals surface area contributed by atoms with E-state index in [1.54, 1.807) is 19.3 Å². The number of aryl methyl sites for hydroxylation is 2. The lowest BCUT2D eigenvalue weighted by Gasteiger charge is -2.13. The summed E-state index contributed by atoms with van der Waals surface area (Å²) in [7, 11) is 0. The van der Waals surface area contributed by atoms with Crippen LogP contribution in [0.4, 0.5) is 17.5 Å². The first-order valence-corrected chi connectivity index (χ1v) is 7.78. The first kappa shape index (κ1) is 16.1. The number of hydrogen-bond donors (Lipinski definition) is 3. The molecular formula is C17H20N6O. The van der Waals surface area contributed by atoms with E-state index in [2.05, 4.69) is 48.8 Å². The molecule has 7 heteroatoms. The van der Waals surface area contributed by atoms with E-state index in [-0.39, 0.29) is 0 Å². The van der Waals surface area contributed by atoms with Gasteiger partial charge in [0.25, 0.3) is 0 Å². The van der Waals surface area contributed by atoms with Crippen LogP contribution in [0.5, 0.6) is 0 Å². The Morgan fingerprint density at radius 1 is 1.12 bits per heavy atom. The number of aromatic nitrogens is 4. The molecule has 0 aliphatic rings. The maximum Gasteiger partial charge on any atom is 0.226 e. The number of nitrogens with zero attached hydrogens (tertiary/aromatic N) is 4. The number of fused-ring (bicyclic) bond motifs is 1. The molecule has 0 amide bonds. The first-order chi connectivity index (χ1) is 11.5. The molecule has 1 aromatic carbocycles. The summed E-state index contributed by atoms with van der Waals surface area (Å²) in [6, 6.07) is 6.18. The number of hydrogen-bond acceptors (Lipinski definition) is 7. The minimum absolute atomic E-state index is 0.356. The SMILES string of the molecule is Cc1ccc(C)c(Nc2nc(NCC(C)O)nc3nccnc23)c1. The lowest BCUT2D eigenvalue weighted by atomic mass is 10.1. The minimum atomic E-state index is -0.499. The Labute approximate surface area is 140 Å². The van der Waals surface area contributed by atoms with Crippen LogP contribution in [-0.4, -0.2) is 37.7 Å². The summed E-state index contributed by atoms with van der Waals surface area (Å²) in [4.78, 5) is 17.4. The van der Waals surface area contributed by atoms with Gasteiger partial charge < -0.3 is 15.7 Å². The summed E-state index contributed by atoms with van der Waals surface area (Å²) < 4.78 is 0. The van der Waals surface area contributed by atoms with Crippen LogP contribution in [0, 0.1) is 13.8 Å². The molecule has 0 spiro atoms. The fraction of sp³-hybridized carbons (Fsp3) is 0.294. The Hall–Kier alpha value is -2.80. The molecule has 3 aromatic rings. The Kier molecular flexibility index (Phi) is 4.52. The number of benzene rings is 1. The molecule has 3 rings (SSSR count). The van der Waals surface area contributed by atoms with E-state index in [4.69, 9.17) is 0 Å². The van der Waals surface area contributed by atoms with Crippen molar-refractivity contribution < 1.29 is 5.11 Å². The molecule has 0 radical (unpaired) electrons. The van der Waals surface area contributed by atoms with Gasteiger partial charge in [-0.05, 0) is 38.0 Å². The second-order valence-corrected chi connectivity index (χ2v) is 5.80. The largest absolute Gasteiger partial charge is 0.392 e. The molecule has 1 atom stereocenters. The molecule has 2 aromatic heterocycles. The lowest BCUT2D eigenvalue weighted by Crippen LogP contribution is -2.17. The summed E-state index contributed by atoms with van der Waals surface area (Å²) in [5.74, 6) is 0.978. The van der Waals surface area contributed by atoms with Gasteiger partial charge >= 0.3 is 0 Å². The summed E-state index contributed by atoms with van der Waals surface area (Å²) in [6.07, 6.45) is 2.71. The molecule has 0 saturated carbocycles. The monoisotopic (exact) mass is 324 g/mol. The smallest absolute Gasteiger partial charge is 0.226 e. The number of aliphatic hydroxyl groups excluding tert-OH is 1. The molecule has 1 unspecified atom stereocenters. The van der Waals surface area contributed by atoms with Crippen molar-refractivity contribution in [2.75, 3.05) is 17.2 Å². The summed E-state index contributed by atoms with van der Waals surface area (Å²) in [5, 5.41) is 15.8. The topological polar surface area (TPSA) is 95.9 Å². The summed E-state index contributed by atoms with van der Waals surface area (Å²) in [6.45, 7) is 6.12. The zero-order valence-corrected chi connectivity index (χ0v) is 13.9. The van der Waals surface area contributed by atoms with Crippen LogP contribution < -0.4 is 10.6 Å². The highest BCUT2D eigenvalue weighted by Gasteiger charge is 2.11. The van der Waals surface area contributed by atoms with Crippen molar-refractivity contribution in [2.45, 2.75) is 26.9 Å². The van der Waals surface area contributed by atoms with Crippen molar-refractivity contribution in [3.8, 4) is 0 Å². The number of anilines is 3. The van der Waals surface area contributed by atoms with Gasteiger partial charge in [0, 0.05) is 24.6 Å². The van der Waals surface area contributed by atoms with Gasteiger partial charge in [0.05, 0.1) is 6.10 Å². The molecular weight excluding hydrogens is 304 g/mol. The van der Waals surface area contributed by atoms with Gasteiger partial charge in [-0.25, -0.2) is 9.97 Å². The van der Waals surface area contributed by atoms with Gasteiger partial charge in [-0.2, -0.15) is 9.97 Å². The van der Waals surface area contributed by atoms with Crippen molar-refractivity contribution in [1.82, 2.24) is 19.9 Å². The normalized spacial score (nSPS) is 12.2. The molecule has 0 fully saturated rings. The quantitative estimate of drug-likeness (QED) is 0.664. The summed E-state index contributed by atoms with van der Waals surface area (Å²) >= 11 is 0.